The van der Waals surface area contributed by atoms with E-state index in [0.29, 0.717) is 5.56 Å². The third kappa shape index (κ3) is 4.45. The van der Waals surface area contributed by atoms with E-state index in [9.17, 15) is 17.6 Å². The van der Waals surface area contributed by atoms with Crippen LogP contribution in [0.25, 0.3) is 0 Å². The van der Waals surface area contributed by atoms with Gasteiger partial charge in [-0.05, 0) is 61.7 Å². The maximum absolute atomic E-state index is 13.5. The van der Waals surface area contributed by atoms with Crippen molar-refractivity contribution in [2.75, 3.05) is 11.4 Å². The number of anilines is 1. The van der Waals surface area contributed by atoms with Gasteiger partial charge in [0, 0.05) is 18.3 Å². The van der Waals surface area contributed by atoms with Crippen molar-refractivity contribution in [3.8, 4) is 0 Å². The quantitative estimate of drug-likeness (QED) is 0.560. The molecule has 0 aromatic heterocycles. The summed E-state index contributed by atoms with van der Waals surface area (Å²) in [4.78, 5) is 15.2. The molecule has 0 radical (unpaired) electrons. The largest absolute Gasteiger partial charge is 0.308 e. The van der Waals surface area contributed by atoms with Gasteiger partial charge in [0.25, 0.3) is 0 Å². The van der Waals surface area contributed by atoms with Crippen LogP contribution in [0.3, 0.4) is 0 Å². The molecule has 3 aromatic carbocycles. The van der Waals surface area contributed by atoms with Gasteiger partial charge >= 0.3 is 0 Å². The number of hydrogen-bond acceptors (Lipinski definition) is 3. The molecule has 0 bridgehead atoms. The lowest BCUT2D eigenvalue weighted by molar-refractivity contribution is -0.119. The van der Waals surface area contributed by atoms with Crippen molar-refractivity contribution in [1.82, 2.24) is 4.31 Å². The Labute approximate surface area is 188 Å². The summed E-state index contributed by atoms with van der Waals surface area (Å²) in [6.07, 6.45) is 0.727. The fourth-order valence-electron chi connectivity index (χ4n) is 4.05. The summed E-state index contributed by atoms with van der Waals surface area (Å²) in [6, 6.07) is 19.8. The highest BCUT2D eigenvalue weighted by Crippen LogP contribution is 2.32. The molecule has 1 atom stereocenters. The maximum Gasteiger partial charge on any atom is 0.243 e. The molecule has 0 saturated carbocycles. The fourth-order valence-corrected chi connectivity index (χ4v) is 5.43. The van der Waals surface area contributed by atoms with Gasteiger partial charge in [0.1, 0.15) is 5.82 Å². The van der Waals surface area contributed by atoms with E-state index in [4.69, 9.17) is 0 Å². The highest BCUT2D eigenvalue weighted by molar-refractivity contribution is 7.89. The first-order chi connectivity index (χ1) is 15.3. The number of benzene rings is 3. The van der Waals surface area contributed by atoms with Crippen molar-refractivity contribution < 1.29 is 17.6 Å². The lowest BCUT2D eigenvalue weighted by Gasteiger charge is -2.27. The van der Waals surface area contributed by atoms with Crippen LogP contribution in [0.15, 0.2) is 77.7 Å². The molecule has 0 aliphatic carbocycles. The molecule has 0 saturated heterocycles. The first-order valence-electron chi connectivity index (χ1n) is 10.5. The van der Waals surface area contributed by atoms with Crippen molar-refractivity contribution in [3.63, 3.8) is 0 Å². The number of fused-ring (bicyclic) bond motifs is 1. The average Bonchev–Trinajstić information content (AvgIpc) is 3.10. The van der Waals surface area contributed by atoms with E-state index in [1.54, 1.807) is 29.2 Å². The summed E-state index contributed by atoms with van der Waals surface area (Å²) in [5, 5.41) is 0. The number of carbonyl (C=O) groups excluding carboxylic acids is 1. The van der Waals surface area contributed by atoms with Gasteiger partial charge in [0.15, 0.2) is 0 Å². The molecule has 4 rings (SSSR count). The molecule has 1 aliphatic heterocycles. The maximum atomic E-state index is 13.5. The molecule has 3 aromatic rings. The minimum Gasteiger partial charge on any atom is -0.308 e. The SMILES string of the molecule is Cc1ccc(S(=O)(=O)N(CC(=O)N2c3ccccc3CC2C)Cc2ccc(F)cc2)cc1. The summed E-state index contributed by atoms with van der Waals surface area (Å²) in [5.74, 6) is -0.694. The number of para-hydroxylation sites is 1. The molecule has 0 spiro atoms. The predicted octanol–water partition coefficient (Wildman–Crippen LogP) is 4.30. The predicted molar refractivity (Wildman–Crippen MR) is 122 cm³/mol. The van der Waals surface area contributed by atoms with Crippen molar-refractivity contribution in [2.24, 2.45) is 0 Å². The average molecular weight is 453 g/mol. The summed E-state index contributed by atoms with van der Waals surface area (Å²) < 4.78 is 41.5. The highest BCUT2D eigenvalue weighted by Gasteiger charge is 2.34. The van der Waals surface area contributed by atoms with Gasteiger partial charge in [-0.15, -0.1) is 0 Å². The van der Waals surface area contributed by atoms with E-state index in [1.807, 2.05) is 38.1 Å². The van der Waals surface area contributed by atoms with Gasteiger partial charge in [-0.25, -0.2) is 12.8 Å². The standard InChI is InChI=1S/C25H25FN2O3S/c1-18-7-13-23(14-8-18)32(30,31)27(16-20-9-11-22(26)12-10-20)17-25(29)28-19(2)15-21-5-3-4-6-24(21)28/h3-14,19H,15-17H2,1-2H3. The molecule has 1 amide bonds. The fraction of sp³-hybridized carbons (Fsp3) is 0.240. The molecule has 1 heterocycles. The molecule has 166 valence electrons. The lowest BCUT2D eigenvalue weighted by Crippen LogP contribution is -2.44. The molecule has 0 fully saturated rings. The molecule has 5 nitrogen and oxygen atoms in total. The van der Waals surface area contributed by atoms with Crippen LogP contribution in [0.5, 0.6) is 0 Å². The number of amides is 1. The van der Waals surface area contributed by atoms with Gasteiger partial charge in [0.2, 0.25) is 15.9 Å². The van der Waals surface area contributed by atoms with Crippen molar-refractivity contribution in [1.29, 1.82) is 0 Å². The van der Waals surface area contributed by atoms with Crippen LogP contribution in [-0.2, 0) is 27.8 Å². The summed E-state index contributed by atoms with van der Waals surface area (Å²) in [5.41, 5.74) is 3.43. The Morgan fingerprint density at radius 1 is 1.03 bits per heavy atom. The highest BCUT2D eigenvalue weighted by atomic mass is 32.2. The van der Waals surface area contributed by atoms with Crippen molar-refractivity contribution in [2.45, 2.75) is 37.8 Å². The van der Waals surface area contributed by atoms with Crippen LogP contribution in [0, 0.1) is 12.7 Å². The monoisotopic (exact) mass is 452 g/mol. The number of carbonyl (C=O) groups is 1. The number of sulfonamides is 1. The molecular weight excluding hydrogens is 427 g/mol. The van der Waals surface area contributed by atoms with Gasteiger partial charge in [-0.3, -0.25) is 4.79 Å². The Kier molecular flexibility index (Phi) is 6.13. The zero-order valence-electron chi connectivity index (χ0n) is 18.0. The van der Waals surface area contributed by atoms with Gasteiger partial charge in [-0.1, -0.05) is 48.0 Å². The van der Waals surface area contributed by atoms with E-state index >= 15 is 0 Å². The Bertz CT molecular complexity index is 1220. The minimum absolute atomic E-state index is 0.0356. The number of nitrogens with zero attached hydrogens (tertiary/aromatic N) is 2. The Balaban J connectivity index is 1.67. The summed E-state index contributed by atoms with van der Waals surface area (Å²) >= 11 is 0. The number of halogens is 1. The third-order valence-corrected chi connectivity index (χ3v) is 7.52. The first-order valence-corrected chi connectivity index (χ1v) is 11.9. The van der Waals surface area contributed by atoms with Crippen LogP contribution in [-0.4, -0.2) is 31.2 Å². The topological polar surface area (TPSA) is 57.7 Å². The lowest BCUT2D eigenvalue weighted by atomic mass is 10.1. The Morgan fingerprint density at radius 2 is 1.69 bits per heavy atom. The minimum atomic E-state index is -3.95. The van der Waals surface area contributed by atoms with E-state index in [2.05, 4.69) is 0 Å². The second kappa shape index (κ2) is 8.84. The van der Waals surface area contributed by atoms with Crippen LogP contribution in [0.4, 0.5) is 10.1 Å². The van der Waals surface area contributed by atoms with Crippen LogP contribution >= 0.6 is 0 Å². The van der Waals surface area contributed by atoms with E-state index in [-0.39, 0.29) is 29.9 Å². The number of rotatable bonds is 6. The van der Waals surface area contributed by atoms with Gasteiger partial charge in [-0.2, -0.15) is 4.31 Å². The van der Waals surface area contributed by atoms with E-state index < -0.39 is 15.8 Å². The molecular formula is C25H25FN2O3S. The number of aryl methyl sites for hydroxylation is 1. The smallest absolute Gasteiger partial charge is 0.243 e. The number of hydrogen-bond donors (Lipinski definition) is 0. The molecule has 7 heteroatoms. The normalized spacial score (nSPS) is 15.8. The van der Waals surface area contributed by atoms with Crippen molar-refractivity contribution in [3.05, 3.63) is 95.3 Å². The Morgan fingerprint density at radius 3 is 2.38 bits per heavy atom. The summed E-state index contributed by atoms with van der Waals surface area (Å²) in [7, 11) is -3.95. The molecule has 0 N–H and O–H groups in total. The second-order valence-corrected chi connectivity index (χ2v) is 10.1. The van der Waals surface area contributed by atoms with Crippen LogP contribution in [0.1, 0.15) is 23.6 Å². The third-order valence-electron chi connectivity index (χ3n) is 5.72. The Hall–Kier alpha value is -3.03. The molecule has 1 aliphatic rings. The van der Waals surface area contributed by atoms with Gasteiger partial charge < -0.3 is 4.90 Å². The molecule has 32 heavy (non-hydrogen) atoms. The van der Waals surface area contributed by atoms with E-state index in [1.165, 1.54) is 28.6 Å². The second-order valence-electron chi connectivity index (χ2n) is 8.16. The zero-order valence-corrected chi connectivity index (χ0v) is 18.8. The summed E-state index contributed by atoms with van der Waals surface area (Å²) in [6.45, 7) is 3.48. The van der Waals surface area contributed by atoms with Crippen LogP contribution in [0.2, 0.25) is 0 Å². The molecule has 1 unspecified atom stereocenters. The van der Waals surface area contributed by atoms with Crippen molar-refractivity contribution >= 4 is 21.6 Å². The van der Waals surface area contributed by atoms with Crippen LogP contribution < -0.4 is 4.90 Å². The zero-order chi connectivity index (χ0) is 22.9. The van der Waals surface area contributed by atoms with E-state index in [0.717, 1.165) is 23.2 Å². The first kappa shape index (κ1) is 22.2. The van der Waals surface area contributed by atoms with Gasteiger partial charge in [0.05, 0.1) is 11.4 Å².